The van der Waals surface area contributed by atoms with E-state index in [9.17, 15) is 4.39 Å². The molecule has 0 radical (unpaired) electrons. The second-order valence-corrected chi connectivity index (χ2v) is 11.4. The van der Waals surface area contributed by atoms with Gasteiger partial charge >= 0.3 is 0 Å². The number of rotatable bonds is 12. The van der Waals surface area contributed by atoms with Crippen LogP contribution in [-0.4, -0.2) is 18.5 Å². The Morgan fingerprint density at radius 2 is 1.39 bits per heavy atom. The van der Waals surface area contributed by atoms with Crippen LogP contribution >= 0.6 is 0 Å². The molecule has 0 heterocycles. The van der Waals surface area contributed by atoms with Gasteiger partial charge in [-0.3, -0.25) is 0 Å². The average molecular weight is 523 g/mol. The molecular weight excluding hydrogens is 477 g/mol. The van der Waals surface area contributed by atoms with Gasteiger partial charge in [0.05, 0.1) is 0 Å². The lowest BCUT2D eigenvalue weighted by Gasteiger charge is -2.28. The van der Waals surface area contributed by atoms with Gasteiger partial charge < -0.3 is 0 Å². The molecular formula is C35H45F3. The minimum absolute atomic E-state index is 0.415. The quantitative estimate of drug-likeness (QED) is 0.177. The summed E-state index contributed by atoms with van der Waals surface area (Å²) in [5, 5.41) is 0. The summed E-state index contributed by atoms with van der Waals surface area (Å²) in [6.45, 7) is 6.10. The number of hydrogen-bond acceptors (Lipinski definition) is 0. The van der Waals surface area contributed by atoms with Crippen molar-refractivity contribution in [3.8, 4) is 0 Å². The Hall–Kier alpha value is -2.29. The molecule has 206 valence electrons. The number of halogens is 3. The van der Waals surface area contributed by atoms with Gasteiger partial charge in [0.15, 0.2) is 12.3 Å². The molecule has 0 aromatic heterocycles. The second-order valence-electron chi connectivity index (χ2n) is 11.4. The molecule has 4 aliphatic rings. The van der Waals surface area contributed by atoms with Crippen molar-refractivity contribution in [2.75, 3.05) is 0 Å². The molecule has 0 aromatic carbocycles. The maximum atomic E-state index is 15.3. The summed E-state index contributed by atoms with van der Waals surface area (Å²) in [5.41, 5.74) is 5.97. The minimum atomic E-state index is -1.61. The summed E-state index contributed by atoms with van der Waals surface area (Å²) in [4.78, 5) is 0. The molecule has 4 unspecified atom stereocenters. The highest BCUT2D eigenvalue weighted by molar-refractivity contribution is 5.52. The van der Waals surface area contributed by atoms with Gasteiger partial charge in [-0.1, -0.05) is 94.1 Å². The van der Waals surface area contributed by atoms with E-state index in [0.717, 1.165) is 54.4 Å². The van der Waals surface area contributed by atoms with Gasteiger partial charge in [-0.05, 0) is 89.9 Å². The lowest BCUT2D eigenvalue weighted by Crippen LogP contribution is -2.26. The highest BCUT2D eigenvalue weighted by atomic mass is 19.2. The Morgan fingerprint density at radius 3 is 2.03 bits per heavy atom. The van der Waals surface area contributed by atoms with Crippen LogP contribution in [0.5, 0.6) is 0 Å². The van der Waals surface area contributed by atoms with Crippen LogP contribution < -0.4 is 0 Å². The monoisotopic (exact) mass is 522 g/mol. The van der Waals surface area contributed by atoms with Crippen LogP contribution in [0.15, 0.2) is 94.2 Å². The topological polar surface area (TPSA) is 0 Å². The molecule has 0 saturated carbocycles. The molecule has 0 aliphatic heterocycles. The Morgan fingerprint density at radius 1 is 0.737 bits per heavy atom. The van der Waals surface area contributed by atoms with Crippen LogP contribution in [0.4, 0.5) is 13.2 Å². The predicted octanol–water partition coefficient (Wildman–Crippen LogP) is 10.8. The van der Waals surface area contributed by atoms with Gasteiger partial charge in [0.2, 0.25) is 0 Å². The number of alkyl halides is 3. The summed E-state index contributed by atoms with van der Waals surface area (Å²) < 4.78 is 45.4. The lowest BCUT2D eigenvalue weighted by atomic mass is 9.79. The fraction of sp³-hybridized carbons (Fsp3) is 0.543. The molecule has 4 atom stereocenters. The van der Waals surface area contributed by atoms with E-state index in [1.54, 1.807) is 12.2 Å². The lowest BCUT2D eigenvalue weighted by molar-refractivity contribution is 0.220. The molecule has 0 saturated heterocycles. The van der Waals surface area contributed by atoms with Crippen LogP contribution in [0, 0.1) is 5.92 Å². The fourth-order valence-corrected chi connectivity index (χ4v) is 6.21. The van der Waals surface area contributed by atoms with Crippen molar-refractivity contribution in [1.29, 1.82) is 0 Å². The van der Waals surface area contributed by atoms with Crippen molar-refractivity contribution >= 4 is 0 Å². The maximum Gasteiger partial charge on any atom is 0.160 e. The number of unbranched alkanes of at least 4 members (excludes halogenated alkanes) is 6. The SMILES string of the molecule is C=CC1CC=C(C2=CC=C(C3=CC=C(C4=CC=C(CCCCCCCCC)C(F)C4F)CC3)C(F)C2)CC1. The Kier molecular flexibility index (Phi) is 10.7. The third-order valence-electron chi connectivity index (χ3n) is 8.74. The van der Waals surface area contributed by atoms with Crippen molar-refractivity contribution < 1.29 is 13.2 Å². The first kappa shape index (κ1) is 28.7. The van der Waals surface area contributed by atoms with E-state index in [0.29, 0.717) is 42.7 Å². The molecule has 0 amide bonds. The van der Waals surface area contributed by atoms with E-state index in [1.807, 2.05) is 24.3 Å². The van der Waals surface area contributed by atoms with Gasteiger partial charge in [0.1, 0.15) is 6.17 Å². The smallest absolute Gasteiger partial charge is 0.160 e. The van der Waals surface area contributed by atoms with E-state index in [-0.39, 0.29) is 0 Å². The Labute approximate surface area is 228 Å². The molecule has 0 fully saturated rings. The van der Waals surface area contributed by atoms with Crippen LogP contribution in [0.2, 0.25) is 0 Å². The zero-order chi connectivity index (χ0) is 26.9. The van der Waals surface area contributed by atoms with E-state index < -0.39 is 18.5 Å². The summed E-state index contributed by atoms with van der Waals surface area (Å²) in [6.07, 6.45) is 25.0. The summed E-state index contributed by atoms with van der Waals surface area (Å²) in [5.74, 6) is 0.534. The molecule has 0 bridgehead atoms. The van der Waals surface area contributed by atoms with Crippen molar-refractivity contribution in [3.63, 3.8) is 0 Å². The molecule has 4 aliphatic carbocycles. The van der Waals surface area contributed by atoms with Gasteiger partial charge in [-0.15, -0.1) is 6.58 Å². The van der Waals surface area contributed by atoms with Crippen LogP contribution in [0.1, 0.15) is 96.8 Å². The van der Waals surface area contributed by atoms with Crippen molar-refractivity contribution in [3.05, 3.63) is 94.2 Å². The summed E-state index contributed by atoms with van der Waals surface area (Å²) in [7, 11) is 0. The first-order valence-corrected chi connectivity index (χ1v) is 15.0. The zero-order valence-corrected chi connectivity index (χ0v) is 23.2. The zero-order valence-electron chi connectivity index (χ0n) is 23.2. The standard InChI is InChI=1S/C35H45F3/c1-3-5-6-7-8-9-10-11-29-20-23-32(35(38)34(29)37)28-18-16-27(17-19-28)31-22-21-30(24-33(31)36)26-14-12-25(4-2)13-15-26/h4,14,16,18,20-23,25,33-35H,2-3,5-13,15,17,19,24H2,1H3. The molecule has 0 aromatic rings. The van der Waals surface area contributed by atoms with Crippen LogP contribution in [0.3, 0.4) is 0 Å². The van der Waals surface area contributed by atoms with Crippen molar-refractivity contribution in [1.82, 2.24) is 0 Å². The summed E-state index contributed by atoms with van der Waals surface area (Å²) >= 11 is 0. The molecule has 3 heteroatoms. The van der Waals surface area contributed by atoms with Gasteiger partial charge in [0.25, 0.3) is 0 Å². The average Bonchev–Trinajstić information content (AvgIpc) is 2.95. The predicted molar refractivity (Wildman–Crippen MR) is 155 cm³/mol. The van der Waals surface area contributed by atoms with E-state index in [4.69, 9.17) is 0 Å². The number of hydrogen-bond donors (Lipinski definition) is 0. The highest BCUT2D eigenvalue weighted by Gasteiger charge is 2.33. The molecule has 0 N–H and O–H groups in total. The first-order chi connectivity index (χ1) is 18.5. The Balaban J connectivity index is 1.36. The minimum Gasteiger partial charge on any atom is -0.242 e. The normalized spacial score (nSPS) is 27.8. The molecule has 4 rings (SSSR count). The molecule has 0 nitrogen and oxygen atoms in total. The van der Waals surface area contributed by atoms with Crippen molar-refractivity contribution in [2.24, 2.45) is 5.92 Å². The van der Waals surface area contributed by atoms with E-state index >= 15 is 8.78 Å². The third-order valence-corrected chi connectivity index (χ3v) is 8.74. The number of allylic oxidation sites excluding steroid dienone is 15. The maximum absolute atomic E-state index is 15.3. The van der Waals surface area contributed by atoms with E-state index in [1.165, 1.54) is 37.7 Å². The van der Waals surface area contributed by atoms with E-state index in [2.05, 4.69) is 25.7 Å². The molecule has 38 heavy (non-hydrogen) atoms. The van der Waals surface area contributed by atoms with Crippen LogP contribution in [0.25, 0.3) is 0 Å². The van der Waals surface area contributed by atoms with Gasteiger partial charge in [-0.25, -0.2) is 13.2 Å². The van der Waals surface area contributed by atoms with Crippen molar-refractivity contribution in [2.45, 2.75) is 115 Å². The largest absolute Gasteiger partial charge is 0.242 e. The first-order valence-electron chi connectivity index (χ1n) is 15.0. The fourth-order valence-electron chi connectivity index (χ4n) is 6.21. The van der Waals surface area contributed by atoms with Crippen LogP contribution in [-0.2, 0) is 0 Å². The third kappa shape index (κ3) is 7.21. The Bertz CT molecular complexity index is 1060. The van der Waals surface area contributed by atoms with Gasteiger partial charge in [0, 0.05) is 6.42 Å². The highest BCUT2D eigenvalue weighted by Crippen LogP contribution is 2.40. The molecule has 0 spiro atoms. The second kappa shape index (κ2) is 14.2. The summed E-state index contributed by atoms with van der Waals surface area (Å²) in [6, 6.07) is 0. The van der Waals surface area contributed by atoms with Gasteiger partial charge in [-0.2, -0.15) is 0 Å².